The lowest BCUT2D eigenvalue weighted by molar-refractivity contribution is -0.122. The van der Waals surface area contributed by atoms with E-state index in [1.807, 2.05) is 24.4 Å². The number of hydrogen-bond donors (Lipinski definition) is 2. The Bertz CT molecular complexity index is 331. The van der Waals surface area contributed by atoms with Gasteiger partial charge in [-0.15, -0.1) is 11.3 Å². The quantitative estimate of drug-likeness (QED) is 0.838. The Labute approximate surface area is 100 Å². The molecule has 2 heterocycles. The first-order valence-electron chi connectivity index (χ1n) is 5.82. The zero-order chi connectivity index (χ0) is 11.4. The lowest BCUT2D eigenvalue weighted by Gasteiger charge is -2.14. The van der Waals surface area contributed by atoms with E-state index in [0.717, 1.165) is 18.0 Å². The maximum atomic E-state index is 11.9. The zero-order valence-corrected chi connectivity index (χ0v) is 10.3. The molecular formula is C12H18N2OS. The molecule has 1 aliphatic rings. The third-order valence-corrected chi connectivity index (χ3v) is 4.10. The summed E-state index contributed by atoms with van der Waals surface area (Å²) in [6, 6.07) is 4.48. The van der Waals surface area contributed by atoms with Crippen molar-refractivity contribution in [1.29, 1.82) is 0 Å². The van der Waals surface area contributed by atoms with Gasteiger partial charge < -0.3 is 10.6 Å². The molecule has 2 unspecified atom stereocenters. The van der Waals surface area contributed by atoms with Crippen molar-refractivity contribution in [3.63, 3.8) is 0 Å². The van der Waals surface area contributed by atoms with Crippen molar-refractivity contribution in [2.75, 3.05) is 13.1 Å². The number of carbonyl (C=O) groups is 1. The standard InChI is InChI=1S/C12H18N2OS/c1-9(11-5-3-7-16-11)12(15)14-8-10-4-2-6-13-10/h3,5,7,9-10,13H,2,4,6,8H2,1H3,(H,14,15). The molecule has 4 heteroatoms. The van der Waals surface area contributed by atoms with Crippen LogP contribution in [0.25, 0.3) is 0 Å². The van der Waals surface area contributed by atoms with Crippen LogP contribution in [-0.2, 0) is 4.79 Å². The van der Waals surface area contributed by atoms with Gasteiger partial charge in [-0.05, 0) is 37.8 Å². The van der Waals surface area contributed by atoms with Crippen molar-refractivity contribution in [3.8, 4) is 0 Å². The summed E-state index contributed by atoms with van der Waals surface area (Å²) >= 11 is 1.64. The molecular weight excluding hydrogens is 220 g/mol. The SMILES string of the molecule is CC(C(=O)NCC1CCCN1)c1cccs1. The van der Waals surface area contributed by atoms with E-state index in [1.54, 1.807) is 11.3 Å². The van der Waals surface area contributed by atoms with Crippen LogP contribution in [-0.4, -0.2) is 25.0 Å². The highest BCUT2D eigenvalue weighted by Crippen LogP contribution is 2.20. The number of thiophene rings is 1. The van der Waals surface area contributed by atoms with Gasteiger partial charge >= 0.3 is 0 Å². The zero-order valence-electron chi connectivity index (χ0n) is 9.53. The minimum absolute atomic E-state index is 0.0265. The average Bonchev–Trinajstić information content (AvgIpc) is 2.96. The molecule has 0 spiro atoms. The van der Waals surface area contributed by atoms with Crippen LogP contribution in [0, 0.1) is 0 Å². The molecule has 16 heavy (non-hydrogen) atoms. The van der Waals surface area contributed by atoms with E-state index < -0.39 is 0 Å². The summed E-state index contributed by atoms with van der Waals surface area (Å²) in [5.74, 6) is 0.109. The molecule has 0 aromatic carbocycles. The van der Waals surface area contributed by atoms with Crippen LogP contribution >= 0.6 is 11.3 Å². The third kappa shape index (κ3) is 2.83. The van der Waals surface area contributed by atoms with E-state index in [2.05, 4.69) is 10.6 Å². The first kappa shape index (κ1) is 11.6. The van der Waals surface area contributed by atoms with Gasteiger partial charge in [0.25, 0.3) is 0 Å². The number of nitrogens with one attached hydrogen (secondary N) is 2. The van der Waals surface area contributed by atoms with E-state index in [1.165, 1.54) is 12.8 Å². The van der Waals surface area contributed by atoms with Crippen molar-refractivity contribution < 1.29 is 4.79 Å². The second-order valence-corrected chi connectivity index (χ2v) is 5.25. The Balaban J connectivity index is 1.79. The van der Waals surface area contributed by atoms with Crippen LogP contribution in [0.1, 0.15) is 30.6 Å². The highest BCUT2D eigenvalue weighted by Gasteiger charge is 2.19. The van der Waals surface area contributed by atoms with Gasteiger partial charge in [-0.25, -0.2) is 0 Å². The first-order valence-corrected chi connectivity index (χ1v) is 6.70. The largest absolute Gasteiger partial charge is 0.354 e. The van der Waals surface area contributed by atoms with Crippen LogP contribution in [0.4, 0.5) is 0 Å². The Hall–Kier alpha value is -0.870. The summed E-state index contributed by atoms with van der Waals surface area (Å²) in [6.07, 6.45) is 2.40. The van der Waals surface area contributed by atoms with Crippen LogP contribution in [0.2, 0.25) is 0 Å². The average molecular weight is 238 g/mol. The van der Waals surface area contributed by atoms with Gasteiger partial charge in [-0.3, -0.25) is 4.79 Å². The maximum absolute atomic E-state index is 11.9. The van der Waals surface area contributed by atoms with Gasteiger partial charge in [-0.1, -0.05) is 6.07 Å². The van der Waals surface area contributed by atoms with Gasteiger partial charge in [0.1, 0.15) is 0 Å². The Morgan fingerprint density at radius 1 is 1.75 bits per heavy atom. The molecule has 3 nitrogen and oxygen atoms in total. The van der Waals surface area contributed by atoms with Crippen molar-refractivity contribution in [2.24, 2.45) is 0 Å². The van der Waals surface area contributed by atoms with Crippen molar-refractivity contribution in [2.45, 2.75) is 31.7 Å². The highest BCUT2D eigenvalue weighted by molar-refractivity contribution is 7.10. The molecule has 0 aliphatic carbocycles. The monoisotopic (exact) mass is 238 g/mol. The Kier molecular flexibility index (Phi) is 3.96. The Morgan fingerprint density at radius 2 is 2.62 bits per heavy atom. The molecule has 1 aromatic heterocycles. The van der Waals surface area contributed by atoms with Crippen molar-refractivity contribution in [3.05, 3.63) is 22.4 Å². The molecule has 1 saturated heterocycles. The van der Waals surface area contributed by atoms with E-state index in [4.69, 9.17) is 0 Å². The third-order valence-electron chi connectivity index (χ3n) is 3.05. The van der Waals surface area contributed by atoms with E-state index >= 15 is 0 Å². The molecule has 1 fully saturated rings. The topological polar surface area (TPSA) is 41.1 Å². The van der Waals surface area contributed by atoms with Crippen molar-refractivity contribution >= 4 is 17.2 Å². The second kappa shape index (κ2) is 5.46. The Morgan fingerprint density at radius 3 is 3.25 bits per heavy atom. The van der Waals surface area contributed by atoms with E-state index in [9.17, 15) is 4.79 Å². The minimum atomic E-state index is -0.0265. The molecule has 1 aromatic rings. The van der Waals surface area contributed by atoms with Gasteiger partial charge in [0.15, 0.2) is 0 Å². The maximum Gasteiger partial charge on any atom is 0.228 e. The predicted octanol–water partition coefficient (Wildman–Crippen LogP) is 1.72. The van der Waals surface area contributed by atoms with E-state index in [-0.39, 0.29) is 11.8 Å². The fraction of sp³-hybridized carbons (Fsp3) is 0.583. The molecule has 2 atom stereocenters. The molecule has 1 amide bonds. The number of carbonyl (C=O) groups excluding carboxylic acids is 1. The van der Waals surface area contributed by atoms with Gasteiger partial charge in [-0.2, -0.15) is 0 Å². The van der Waals surface area contributed by atoms with Crippen molar-refractivity contribution in [1.82, 2.24) is 10.6 Å². The molecule has 0 bridgehead atoms. The summed E-state index contributed by atoms with van der Waals surface area (Å²) in [7, 11) is 0. The minimum Gasteiger partial charge on any atom is -0.354 e. The summed E-state index contributed by atoms with van der Waals surface area (Å²) in [4.78, 5) is 13.0. The molecule has 2 rings (SSSR count). The van der Waals surface area contributed by atoms with E-state index in [0.29, 0.717) is 6.04 Å². The lowest BCUT2D eigenvalue weighted by atomic mass is 10.1. The second-order valence-electron chi connectivity index (χ2n) is 4.28. The molecule has 0 radical (unpaired) electrons. The fourth-order valence-electron chi connectivity index (χ4n) is 1.97. The lowest BCUT2D eigenvalue weighted by Crippen LogP contribution is -2.38. The molecule has 1 aliphatic heterocycles. The number of amides is 1. The van der Waals surface area contributed by atoms with Gasteiger partial charge in [0.05, 0.1) is 5.92 Å². The molecule has 0 saturated carbocycles. The smallest absolute Gasteiger partial charge is 0.228 e. The van der Waals surface area contributed by atoms with Crippen LogP contribution in [0.3, 0.4) is 0 Å². The summed E-state index contributed by atoms with van der Waals surface area (Å²) in [5.41, 5.74) is 0. The van der Waals surface area contributed by atoms with Crippen LogP contribution in [0.5, 0.6) is 0 Å². The van der Waals surface area contributed by atoms with Crippen LogP contribution in [0.15, 0.2) is 17.5 Å². The number of rotatable bonds is 4. The van der Waals surface area contributed by atoms with Gasteiger partial charge in [0.2, 0.25) is 5.91 Å². The summed E-state index contributed by atoms with van der Waals surface area (Å²) in [5, 5.41) is 8.40. The summed E-state index contributed by atoms with van der Waals surface area (Å²) < 4.78 is 0. The summed E-state index contributed by atoms with van der Waals surface area (Å²) in [6.45, 7) is 3.80. The fourth-order valence-corrected chi connectivity index (χ4v) is 2.76. The predicted molar refractivity (Wildman–Crippen MR) is 66.8 cm³/mol. The van der Waals surface area contributed by atoms with Gasteiger partial charge in [0, 0.05) is 17.5 Å². The highest BCUT2D eigenvalue weighted by atomic mass is 32.1. The molecule has 2 N–H and O–H groups in total. The molecule has 88 valence electrons. The normalized spacial score (nSPS) is 21.9. The first-order chi connectivity index (χ1) is 7.77. The van der Waals surface area contributed by atoms with Crippen LogP contribution < -0.4 is 10.6 Å². The number of hydrogen-bond acceptors (Lipinski definition) is 3.